The molecule has 0 aliphatic carbocycles. The van der Waals surface area contributed by atoms with Crippen molar-refractivity contribution in [2.45, 2.75) is 0 Å². The summed E-state index contributed by atoms with van der Waals surface area (Å²) < 4.78 is 0. The Morgan fingerprint density at radius 2 is 0.600 bits per heavy atom. The molecule has 0 saturated carbocycles. The van der Waals surface area contributed by atoms with E-state index < -0.39 is 0 Å². The summed E-state index contributed by atoms with van der Waals surface area (Å²) in [6.45, 7) is 0. The second kappa shape index (κ2) is 26.7. The minimum atomic E-state index is 0. The fourth-order valence-corrected chi connectivity index (χ4v) is 0. The van der Waals surface area contributed by atoms with Gasteiger partial charge in [-0.15, -0.1) is 0 Å². The topological polar surface area (TPSA) is 28.5 Å². The van der Waals surface area contributed by atoms with Crippen molar-refractivity contribution in [3.05, 3.63) is 0 Å². The van der Waals surface area contributed by atoms with Crippen LogP contribution in [0.25, 0.3) is 0 Å². The van der Waals surface area contributed by atoms with Crippen molar-refractivity contribution in [3.8, 4) is 0 Å². The molecule has 32 valence electrons. The zero-order valence-corrected chi connectivity index (χ0v) is 13.5. The average Bonchev–Trinajstić information content (AvgIpc) is 0. The molecule has 0 aromatic carbocycles. The first-order valence-electron chi connectivity index (χ1n) is 0. The Balaban J connectivity index is 0. The van der Waals surface area contributed by atoms with Gasteiger partial charge in [0.15, 0.2) is 0 Å². The molecule has 0 aromatic heterocycles. The predicted molar refractivity (Wildman–Crippen MR) is 0.686 cm³/mol. The van der Waals surface area contributed by atoms with E-state index >= 15 is 0 Å². The molecule has 0 rings (SSSR count). The third kappa shape index (κ3) is 18.9. The van der Waals surface area contributed by atoms with Crippen molar-refractivity contribution < 1.29 is 105 Å². The van der Waals surface area contributed by atoms with Crippen LogP contribution < -0.4 is 0 Å². The minimum absolute atomic E-state index is 0. The van der Waals surface area contributed by atoms with Crippen molar-refractivity contribution in [3.63, 3.8) is 0 Å². The summed E-state index contributed by atoms with van der Waals surface area (Å²) in [5.74, 6) is 0. The van der Waals surface area contributed by atoms with Crippen molar-refractivity contribution >= 4 is 0 Å². The Hall–Kier alpha value is 3.28. The van der Waals surface area contributed by atoms with Gasteiger partial charge in [-0.1, -0.05) is 0 Å². The van der Waals surface area contributed by atoms with Crippen LogP contribution in [0.5, 0.6) is 0 Å². The molecular weight excluding hydrogens is 457 g/mol. The van der Waals surface area contributed by atoms with Crippen LogP contribution in [0.2, 0.25) is 0 Å². The summed E-state index contributed by atoms with van der Waals surface area (Å²) in [4.78, 5) is 0. The van der Waals surface area contributed by atoms with Crippen LogP contribution in [0.4, 0.5) is 0 Å². The van der Waals surface area contributed by atoms with Crippen LogP contribution in [0.15, 0.2) is 0 Å². The van der Waals surface area contributed by atoms with Gasteiger partial charge in [-0.25, -0.2) is 0 Å². The molecular formula is Ag2Cd2O. The average molecular weight is 457 g/mol. The Morgan fingerprint density at radius 1 is 0.600 bits per heavy atom. The van der Waals surface area contributed by atoms with Crippen LogP contribution in [-0.4, -0.2) is 0 Å². The van der Waals surface area contributed by atoms with Crippen LogP contribution in [0.1, 0.15) is 0 Å². The summed E-state index contributed by atoms with van der Waals surface area (Å²) in [7, 11) is 0. The van der Waals surface area contributed by atoms with Crippen molar-refractivity contribution in [1.82, 2.24) is 0 Å². The summed E-state index contributed by atoms with van der Waals surface area (Å²) in [5.41, 5.74) is 0. The fourth-order valence-electron chi connectivity index (χ4n) is 0. The van der Waals surface area contributed by atoms with Crippen molar-refractivity contribution in [2.75, 3.05) is 0 Å². The van der Waals surface area contributed by atoms with Crippen LogP contribution in [0.3, 0.4) is 0 Å². The second-order valence-electron chi connectivity index (χ2n) is 0. The zero-order chi connectivity index (χ0) is 0. The summed E-state index contributed by atoms with van der Waals surface area (Å²) >= 11 is 0. The molecule has 0 unspecified atom stereocenters. The van der Waals surface area contributed by atoms with Gasteiger partial charge in [0.25, 0.3) is 0 Å². The molecule has 0 N–H and O–H groups in total. The maximum absolute atomic E-state index is 0. The first kappa shape index (κ1) is 40.7. The Morgan fingerprint density at radius 3 is 0.600 bits per heavy atom. The molecule has 0 heterocycles. The summed E-state index contributed by atoms with van der Waals surface area (Å²) in [6.07, 6.45) is 0. The van der Waals surface area contributed by atoms with Crippen molar-refractivity contribution in [2.24, 2.45) is 0 Å². The van der Waals surface area contributed by atoms with E-state index in [1.807, 2.05) is 0 Å². The van der Waals surface area contributed by atoms with E-state index in [1.54, 1.807) is 0 Å². The van der Waals surface area contributed by atoms with Crippen LogP contribution >= 0.6 is 0 Å². The fraction of sp³-hybridized carbons (Fsp3) is 0. The van der Waals surface area contributed by atoms with Gasteiger partial charge >= 0.3 is 44.8 Å². The standard InChI is InChI=1S/2Ag.2Cd.O/q2*+1;;;-2. The van der Waals surface area contributed by atoms with Gasteiger partial charge in [-0.05, 0) is 0 Å². The molecule has 5 heteroatoms. The molecule has 0 spiro atoms. The monoisotopic (exact) mass is 458 g/mol. The Kier molecular flexibility index (Phi) is 217. The first-order chi connectivity index (χ1) is 0. The SMILES string of the molecule is [Ag+].[Ag+].[Cd].[Cd].[O-2]. The van der Waals surface area contributed by atoms with E-state index in [4.69, 9.17) is 0 Å². The third-order valence-electron chi connectivity index (χ3n) is 0. The van der Waals surface area contributed by atoms with E-state index in [9.17, 15) is 0 Å². The smallest absolute Gasteiger partial charge is 1.00 e. The zero-order valence-electron chi connectivity index (χ0n) is 2.43. The third-order valence-corrected chi connectivity index (χ3v) is 0. The second-order valence-corrected chi connectivity index (χ2v) is 0. The molecule has 0 saturated heterocycles. The summed E-state index contributed by atoms with van der Waals surface area (Å²) in [5, 5.41) is 0. The van der Waals surface area contributed by atoms with Gasteiger partial charge in [0.2, 0.25) is 0 Å². The van der Waals surface area contributed by atoms with Gasteiger partial charge in [-0.3, -0.25) is 0 Å². The van der Waals surface area contributed by atoms with E-state index in [1.165, 1.54) is 0 Å². The van der Waals surface area contributed by atoms with Gasteiger partial charge < -0.3 is 5.48 Å². The number of hydrogen-bond donors (Lipinski definition) is 0. The molecule has 0 aliphatic heterocycles. The molecule has 0 bridgehead atoms. The largest absolute Gasteiger partial charge is 2.00 e. The Bertz CT molecular complexity index is 7.61. The Labute approximate surface area is 103 Å². The molecule has 0 radical (unpaired) electrons. The molecule has 5 heavy (non-hydrogen) atoms. The molecule has 0 fully saturated rings. The normalized spacial score (nSPS) is 0. The van der Waals surface area contributed by atoms with E-state index in [0.717, 1.165) is 0 Å². The van der Waals surface area contributed by atoms with Gasteiger partial charge in [0.05, 0.1) is 0 Å². The molecule has 0 amide bonds. The van der Waals surface area contributed by atoms with Crippen molar-refractivity contribution in [1.29, 1.82) is 0 Å². The maximum atomic E-state index is 0. The number of hydrogen-bond acceptors (Lipinski definition) is 0. The first-order valence-corrected chi connectivity index (χ1v) is 0. The predicted octanol–water partition coefficient (Wildman–Crippen LogP) is -0.129. The van der Waals surface area contributed by atoms with Gasteiger partial charge in [-0.2, -0.15) is 0 Å². The van der Waals surface area contributed by atoms with Gasteiger partial charge in [0, 0.05) is 54.6 Å². The molecule has 0 aliphatic rings. The van der Waals surface area contributed by atoms with Crippen LogP contribution in [-0.2, 0) is 105 Å². The van der Waals surface area contributed by atoms with E-state index in [-0.39, 0.29) is 105 Å². The molecule has 0 aromatic rings. The molecule has 0 atom stereocenters. The summed E-state index contributed by atoms with van der Waals surface area (Å²) in [6, 6.07) is 0. The maximum Gasteiger partial charge on any atom is 1.00 e. The van der Waals surface area contributed by atoms with Crippen LogP contribution in [0, 0.1) is 0 Å². The van der Waals surface area contributed by atoms with Gasteiger partial charge in [0.1, 0.15) is 0 Å². The minimum Gasteiger partial charge on any atom is -2.00 e. The van der Waals surface area contributed by atoms with E-state index in [0.29, 0.717) is 0 Å². The van der Waals surface area contributed by atoms with E-state index in [2.05, 4.69) is 0 Å². The molecule has 1 nitrogen and oxygen atoms in total. The quantitative estimate of drug-likeness (QED) is 0.455. The number of rotatable bonds is 0.